The topological polar surface area (TPSA) is 53.5 Å². The zero-order valence-corrected chi connectivity index (χ0v) is 10.8. The summed E-state index contributed by atoms with van der Waals surface area (Å²) < 4.78 is 0. The fraction of sp³-hybridized carbons (Fsp3) is 0. The van der Waals surface area contributed by atoms with E-state index in [1.54, 1.807) is 12.1 Å². The van der Waals surface area contributed by atoms with Gasteiger partial charge in [0.2, 0.25) is 5.17 Å². The SMILES string of the molecule is O=C(Nc1ccccc1)/C(Cl)=N\Nc1ccccc1. The number of hydrogen-bond acceptors (Lipinski definition) is 3. The molecule has 19 heavy (non-hydrogen) atoms. The van der Waals surface area contributed by atoms with Crippen LogP contribution in [0.3, 0.4) is 0 Å². The van der Waals surface area contributed by atoms with Crippen LogP contribution in [0.4, 0.5) is 11.4 Å². The smallest absolute Gasteiger partial charge is 0.287 e. The van der Waals surface area contributed by atoms with Gasteiger partial charge in [0.15, 0.2) is 0 Å². The number of anilines is 2. The molecular formula is C14H12ClN3O. The Balaban J connectivity index is 1.95. The van der Waals surface area contributed by atoms with E-state index in [-0.39, 0.29) is 5.17 Å². The number of halogens is 1. The molecule has 0 saturated heterocycles. The van der Waals surface area contributed by atoms with E-state index in [0.717, 1.165) is 5.69 Å². The molecule has 0 aliphatic heterocycles. The summed E-state index contributed by atoms with van der Waals surface area (Å²) in [5.41, 5.74) is 4.13. The molecule has 1 amide bonds. The third-order valence-corrected chi connectivity index (χ3v) is 2.53. The molecule has 0 saturated carbocycles. The van der Waals surface area contributed by atoms with Gasteiger partial charge in [0, 0.05) is 5.69 Å². The standard InChI is InChI=1S/C14H12ClN3O/c15-13(18-17-12-9-5-2-6-10-12)14(19)16-11-7-3-1-4-8-11/h1-10,17H,(H,16,19)/b18-13+. The largest absolute Gasteiger partial charge is 0.320 e. The molecule has 0 spiro atoms. The zero-order valence-electron chi connectivity index (χ0n) is 10.0. The molecule has 96 valence electrons. The summed E-state index contributed by atoms with van der Waals surface area (Å²) in [5.74, 6) is -0.462. The second kappa shape index (κ2) is 6.56. The van der Waals surface area contributed by atoms with Crippen LogP contribution in [0.2, 0.25) is 0 Å². The lowest BCUT2D eigenvalue weighted by Crippen LogP contribution is -2.19. The maximum Gasteiger partial charge on any atom is 0.287 e. The number of para-hydroxylation sites is 2. The van der Waals surface area contributed by atoms with Crippen LogP contribution >= 0.6 is 11.6 Å². The van der Waals surface area contributed by atoms with Gasteiger partial charge in [-0.2, -0.15) is 5.10 Å². The van der Waals surface area contributed by atoms with Gasteiger partial charge in [-0.15, -0.1) is 0 Å². The molecule has 0 unspecified atom stereocenters. The van der Waals surface area contributed by atoms with Crippen LogP contribution in [-0.2, 0) is 4.79 Å². The van der Waals surface area contributed by atoms with Crippen LogP contribution in [0, 0.1) is 0 Å². The minimum absolute atomic E-state index is 0.160. The number of amides is 1. The van der Waals surface area contributed by atoms with E-state index < -0.39 is 5.91 Å². The highest BCUT2D eigenvalue weighted by molar-refractivity contribution is 6.84. The second-order valence-electron chi connectivity index (χ2n) is 3.70. The lowest BCUT2D eigenvalue weighted by molar-refractivity contribution is -0.110. The van der Waals surface area contributed by atoms with Crippen molar-refractivity contribution in [2.24, 2.45) is 5.10 Å². The molecule has 0 aliphatic carbocycles. The van der Waals surface area contributed by atoms with Crippen LogP contribution in [0.5, 0.6) is 0 Å². The molecule has 2 aromatic rings. The third kappa shape index (κ3) is 4.12. The molecule has 2 N–H and O–H groups in total. The number of rotatable bonds is 4. The summed E-state index contributed by atoms with van der Waals surface area (Å²) in [6.45, 7) is 0. The summed E-state index contributed by atoms with van der Waals surface area (Å²) >= 11 is 5.81. The molecule has 0 bridgehead atoms. The zero-order chi connectivity index (χ0) is 13.5. The Morgan fingerprint density at radius 2 is 1.42 bits per heavy atom. The molecule has 5 heteroatoms. The quantitative estimate of drug-likeness (QED) is 0.663. The summed E-state index contributed by atoms with van der Waals surface area (Å²) in [7, 11) is 0. The predicted molar refractivity (Wildman–Crippen MR) is 78.4 cm³/mol. The summed E-state index contributed by atoms with van der Waals surface area (Å²) in [6, 6.07) is 18.3. The first-order valence-electron chi connectivity index (χ1n) is 5.66. The molecule has 2 aromatic carbocycles. The van der Waals surface area contributed by atoms with Gasteiger partial charge in [-0.3, -0.25) is 10.2 Å². The average molecular weight is 274 g/mol. The minimum atomic E-state index is -0.462. The number of benzene rings is 2. The lowest BCUT2D eigenvalue weighted by Gasteiger charge is -2.04. The maximum absolute atomic E-state index is 11.7. The Hall–Kier alpha value is -2.33. The Labute approximate surface area is 116 Å². The van der Waals surface area contributed by atoms with Crippen molar-refractivity contribution in [1.82, 2.24) is 0 Å². The first-order chi connectivity index (χ1) is 9.25. The van der Waals surface area contributed by atoms with Crippen molar-refractivity contribution < 1.29 is 4.79 Å². The van der Waals surface area contributed by atoms with E-state index in [1.807, 2.05) is 48.5 Å². The molecule has 0 radical (unpaired) electrons. The average Bonchev–Trinajstić information content (AvgIpc) is 2.47. The fourth-order valence-corrected chi connectivity index (χ4v) is 1.47. The van der Waals surface area contributed by atoms with Crippen LogP contribution in [0.15, 0.2) is 65.8 Å². The minimum Gasteiger partial charge on any atom is -0.320 e. The monoisotopic (exact) mass is 273 g/mol. The highest BCUT2D eigenvalue weighted by Crippen LogP contribution is 2.07. The van der Waals surface area contributed by atoms with Gasteiger partial charge in [-0.1, -0.05) is 48.0 Å². The molecule has 4 nitrogen and oxygen atoms in total. The first kappa shape index (κ1) is 13.1. The van der Waals surface area contributed by atoms with Crippen molar-refractivity contribution in [3.8, 4) is 0 Å². The fourth-order valence-electron chi connectivity index (χ4n) is 1.38. The molecule has 0 aromatic heterocycles. The Morgan fingerprint density at radius 1 is 0.895 bits per heavy atom. The van der Waals surface area contributed by atoms with Crippen LogP contribution < -0.4 is 10.7 Å². The van der Waals surface area contributed by atoms with E-state index in [1.165, 1.54) is 0 Å². The number of nitrogens with zero attached hydrogens (tertiary/aromatic N) is 1. The van der Waals surface area contributed by atoms with E-state index in [9.17, 15) is 4.79 Å². The van der Waals surface area contributed by atoms with Gasteiger partial charge in [-0.25, -0.2) is 0 Å². The molecule has 0 fully saturated rings. The Bertz CT molecular complexity index is 570. The number of nitrogens with one attached hydrogen (secondary N) is 2. The van der Waals surface area contributed by atoms with Crippen LogP contribution in [-0.4, -0.2) is 11.1 Å². The van der Waals surface area contributed by atoms with Gasteiger partial charge in [0.1, 0.15) is 0 Å². The second-order valence-corrected chi connectivity index (χ2v) is 4.06. The normalized spacial score (nSPS) is 10.9. The molecule has 0 atom stereocenters. The number of carbonyl (C=O) groups is 1. The first-order valence-corrected chi connectivity index (χ1v) is 6.04. The van der Waals surface area contributed by atoms with Gasteiger partial charge in [-0.05, 0) is 24.3 Å². The molecule has 2 rings (SSSR count). The highest BCUT2D eigenvalue weighted by Gasteiger charge is 2.08. The van der Waals surface area contributed by atoms with Gasteiger partial charge in [0.25, 0.3) is 5.91 Å². The van der Waals surface area contributed by atoms with Crippen molar-refractivity contribution in [3.63, 3.8) is 0 Å². The lowest BCUT2D eigenvalue weighted by atomic mass is 10.3. The Kier molecular flexibility index (Phi) is 4.53. The predicted octanol–water partition coefficient (Wildman–Crippen LogP) is 3.29. The van der Waals surface area contributed by atoms with E-state index in [4.69, 9.17) is 11.6 Å². The summed E-state index contributed by atoms with van der Waals surface area (Å²) in [6.07, 6.45) is 0. The third-order valence-electron chi connectivity index (χ3n) is 2.28. The van der Waals surface area contributed by atoms with Crippen molar-refractivity contribution in [2.45, 2.75) is 0 Å². The Morgan fingerprint density at radius 3 is 2.00 bits per heavy atom. The number of carbonyl (C=O) groups excluding carboxylic acids is 1. The van der Waals surface area contributed by atoms with Gasteiger partial charge >= 0.3 is 0 Å². The van der Waals surface area contributed by atoms with E-state index >= 15 is 0 Å². The van der Waals surface area contributed by atoms with Crippen molar-refractivity contribution >= 4 is 34.1 Å². The van der Waals surface area contributed by atoms with Crippen molar-refractivity contribution in [1.29, 1.82) is 0 Å². The molecule has 0 aliphatic rings. The summed E-state index contributed by atoms with van der Waals surface area (Å²) in [4.78, 5) is 11.7. The van der Waals surface area contributed by atoms with Crippen LogP contribution in [0.1, 0.15) is 0 Å². The molecule has 0 heterocycles. The van der Waals surface area contributed by atoms with Gasteiger partial charge < -0.3 is 5.32 Å². The van der Waals surface area contributed by atoms with Crippen LogP contribution in [0.25, 0.3) is 0 Å². The maximum atomic E-state index is 11.7. The molecular weight excluding hydrogens is 262 g/mol. The highest BCUT2D eigenvalue weighted by atomic mass is 35.5. The van der Waals surface area contributed by atoms with Crippen molar-refractivity contribution in [2.75, 3.05) is 10.7 Å². The van der Waals surface area contributed by atoms with Crippen molar-refractivity contribution in [3.05, 3.63) is 60.7 Å². The number of hydrazone groups is 1. The van der Waals surface area contributed by atoms with E-state index in [0.29, 0.717) is 5.69 Å². The summed E-state index contributed by atoms with van der Waals surface area (Å²) in [5, 5.41) is 6.29. The number of hydrogen-bond donors (Lipinski definition) is 2. The van der Waals surface area contributed by atoms with E-state index in [2.05, 4.69) is 15.8 Å². The van der Waals surface area contributed by atoms with Gasteiger partial charge in [0.05, 0.1) is 5.69 Å².